The number of ketones is 1. The zero-order valence-electron chi connectivity index (χ0n) is 13.7. The van der Waals surface area contributed by atoms with Crippen LogP contribution in [-0.4, -0.2) is 67.3 Å². The van der Waals surface area contributed by atoms with Gasteiger partial charge in [-0.05, 0) is 45.1 Å². The fourth-order valence-corrected chi connectivity index (χ4v) is 3.89. The van der Waals surface area contributed by atoms with Gasteiger partial charge < -0.3 is 15.1 Å². The Morgan fingerprint density at radius 3 is 2.32 bits per heavy atom. The van der Waals surface area contributed by atoms with E-state index >= 15 is 0 Å². The Morgan fingerprint density at radius 2 is 1.73 bits per heavy atom. The number of rotatable bonds is 5. The second kappa shape index (κ2) is 7.09. The Labute approximate surface area is 133 Å². The fourth-order valence-electron chi connectivity index (χ4n) is 3.89. The summed E-state index contributed by atoms with van der Waals surface area (Å²) in [4.78, 5) is 28.2. The van der Waals surface area contributed by atoms with E-state index in [1.165, 1.54) is 26.1 Å². The molecule has 3 rings (SSSR count). The maximum Gasteiger partial charge on any atom is 0.226 e. The van der Waals surface area contributed by atoms with Crippen molar-refractivity contribution in [3.05, 3.63) is 0 Å². The highest BCUT2D eigenvalue weighted by Crippen LogP contribution is 2.41. The molecule has 1 saturated carbocycles. The van der Waals surface area contributed by atoms with E-state index in [1.807, 2.05) is 4.90 Å². The minimum absolute atomic E-state index is 0.00917. The minimum Gasteiger partial charge on any atom is -0.342 e. The van der Waals surface area contributed by atoms with E-state index in [4.69, 9.17) is 0 Å². The lowest BCUT2D eigenvalue weighted by atomic mass is 9.93. The number of hydrogen-bond donors (Lipinski definition) is 1. The number of likely N-dealkylation sites (tertiary alicyclic amines) is 1. The Bertz CT molecular complexity index is 412. The molecule has 0 spiro atoms. The number of nitrogens with one attached hydrogen (secondary N) is 1. The van der Waals surface area contributed by atoms with E-state index in [2.05, 4.69) is 10.2 Å². The molecule has 5 heteroatoms. The molecule has 3 fully saturated rings. The molecule has 124 valence electrons. The van der Waals surface area contributed by atoms with Crippen LogP contribution in [0.1, 0.15) is 32.6 Å². The van der Waals surface area contributed by atoms with E-state index in [-0.39, 0.29) is 23.5 Å². The molecule has 2 unspecified atom stereocenters. The minimum atomic E-state index is 0.00917. The summed E-state index contributed by atoms with van der Waals surface area (Å²) in [7, 11) is 0. The number of piperazine rings is 1. The third-order valence-corrected chi connectivity index (χ3v) is 5.62. The highest BCUT2D eigenvalue weighted by molar-refractivity contribution is 5.92. The van der Waals surface area contributed by atoms with Crippen LogP contribution in [0.4, 0.5) is 0 Å². The van der Waals surface area contributed by atoms with Crippen LogP contribution in [-0.2, 0) is 9.59 Å². The molecule has 0 aromatic heterocycles. The number of Topliss-reactive ketones (excluding diaryl/α,β-unsaturated/α-hetero) is 1. The average Bonchev–Trinajstić information content (AvgIpc) is 3.35. The normalized spacial score (nSPS) is 30.3. The van der Waals surface area contributed by atoms with Crippen molar-refractivity contribution in [3.63, 3.8) is 0 Å². The first-order valence-electron chi connectivity index (χ1n) is 8.87. The molecule has 22 heavy (non-hydrogen) atoms. The number of hydrogen-bond acceptors (Lipinski definition) is 4. The fraction of sp³-hybridized carbons (Fsp3) is 0.882. The summed E-state index contributed by atoms with van der Waals surface area (Å²) >= 11 is 0. The zero-order valence-corrected chi connectivity index (χ0v) is 13.7. The summed E-state index contributed by atoms with van der Waals surface area (Å²) in [5.41, 5.74) is 0. The molecule has 3 aliphatic rings. The number of nitrogens with zero attached hydrogens (tertiary/aromatic N) is 2. The van der Waals surface area contributed by atoms with E-state index in [0.29, 0.717) is 0 Å². The van der Waals surface area contributed by atoms with Gasteiger partial charge in [-0.15, -0.1) is 0 Å². The number of carbonyl (C=O) groups excluding carboxylic acids is 2. The lowest BCUT2D eigenvalue weighted by Gasteiger charge is -2.34. The van der Waals surface area contributed by atoms with Gasteiger partial charge in [0.15, 0.2) is 0 Å². The Hall–Kier alpha value is -0.940. The first-order valence-corrected chi connectivity index (χ1v) is 8.87. The van der Waals surface area contributed by atoms with Crippen molar-refractivity contribution in [2.75, 3.05) is 45.8 Å². The van der Waals surface area contributed by atoms with E-state index < -0.39 is 0 Å². The average molecular weight is 307 g/mol. The summed E-state index contributed by atoms with van der Waals surface area (Å²) in [6.45, 7) is 9.18. The maximum atomic E-state index is 12.3. The van der Waals surface area contributed by atoms with Crippen LogP contribution in [0.5, 0.6) is 0 Å². The molecule has 0 radical (unpaired) electrons. The van der Waals surface area contributed by atoms with Crippen LogP contribution >= 0.6 is 0 Å². The topological polar surface area (TPSA) is 52.7 Å². The van der Waals surface area contributed by atoms with Gasteiger partial charge in [0.05, 0.1) is 0 Å². The van der Waals surface area contributed by atoms with Crippen molar-refractivity contribution in [1.82, 2.24) is 15.1 Å². The van der Waals surface area contributed by atoms with Gasteiger partial charge in [0.25, 0.3) is 0 Å². The quantitative estimate of drug-likeness (QED) is 0.814. The largest absolute Gasteiger partial charge is 0.342 e. The number of carbonyl (C=O) groups is 2. The SMILES string of the molecule is CC(=O)C1CC1C(=O)N1CCC(CCN2CCNCC2)CC1. The van der Waals surface area contributed by atoms with E-state index in [1.54, 1.807) is 6.92 Å². The van der Waals surface area contributed by atoms with Gasteiger partial charge in [0.2, 0.25) is 5.91 Å². The van der Waals surface area contributed by atoms with Gasteiger partial charge >= 0.3 is 0 Å². The summed E-state index contributed by atoms with van der Waals surface area (Å²) in [5, 5.41) is 3.39. The number of amides is 1. The Kier molecular flexibility index (Phi) is 5.14. The predicted molar refractivity (Wildman–Crippen MR) is 85.5 cm³/mol. The molecular formula is C17H29N3O2. The molecule has 2 atom stereocenters. The molecule has 2 saturated heterocycles. The third-order valence-electron chi connectivity index (χ3n) is 5.62. The third kappa shape index (κ3) is 3.87. The molecule has 0 aromatic carbocycles. The van der Waals surface area contributed by atoms with Gasteiger partial charge in [-0.2, -0.15) is 0 Å². The van der Waals surface area contributed by atoms with Crippen LogP contribution in [0.15, 0.2) is 0 Å². The lowest BCUT2D eigenvalue weighted by Crippen LogP contribution is -2.45. The smallest absolute Gasteiger partial charge is 0.226 e. The summed E-state index contributed by atoms with van der Waals surface area (Å²) in [6.07, 6.45) is 4.32. The first kappa shape index (κ1) is 15.9. The van der Waals surface area contributed by atoms with Crippen molar-refractivity contribution in [2.45, 2.75) is 32.6 Å². The molecule has 2 aliphatic heterocycles. The second-order valence-electron chi connectivity index (χ2n) is 7.21. The second-order valence-corrected chi connectivity index (χ2v) is 7.21. The molecule has 0 aromatic rings. The molecule has 0 bridgehead atoms. The highest BCUT2D eigenvalue weighted by atomic mass is 16.2. The molecule has 1 N–H and O–H groups in total. The molecular weight excluding hydrogens is 278 g/mol. The monoisotopic (exact) mass is 307 g/mol. The van der Waals surface area contributed by atoms with Crippen LogP contribution in [0.25, 0.3) is 0 Å². The summed E-state index contributed by atoms with van der Waals surface area (Å²) in [5.74, 6) is 1.22. The van der Waals surface area contributed by atoms with Gasteiger partial charge in [0.1, 0.15) is 5.78 Å². The maximum absolute atomic E-state index is 12.3. The van der Waals surface area contributed by atoms with Crippen LogP contribution in [0.2, 0.25) is 0 Å². The molecule has 5 nitrogen and oxygen atoms in total. The van der Waals surface area contributed by atoms with E-state index in [0.717, 1.165) is 51.4 Å². The standard InChI is InChI=1S/C17H29N3O2/c1-13(21)15-12-16(15)17(22)20-8-3-14(4-9-20)2-7-19-10-5-18-6-11-19/h14-16,18H,2-12H2,1H3. The van der Waals surface area contributed by atoms with Crippen molar-refractivity contribution >= 4 is 11.7 Å². The number of piperidine rings is 1. The van der Waals surface area contributed by atoms with E-state index in [9.17, 15) is 9.59 Å². The predicted octanol–water partition coefficient (Wildman–Crippen LogP) is 0.745. The highest BCUT2D eigenvalue weighted by Gasteiger charge is 2.47. The molecule has 1 aliphatic carbocycles. The Balaban J connectivity index is 1.35. The van der Waals surface area contributed by atoms with Gasteiger partial charge in [-0.25, -0.2) is 0 Å². The van der Waals surface area contributed by atoms with Crippen LogP contribution in [0.3, 0.4) is 0 Å². The van der Waals surface area contributed by atoms with Crippen molar-refractivity contribution in [1.29, 1.82) is 0 Å². The van der Waals surface area contributed by atoms with Crippen LogP contribution < -0.4 is 5.32 Å². The van der Waals surface area contributed by atoms with Crippen LogP contribution in [0, 0.1) is 17.8 Å². The van der Waals surface area contributed by atoms with Crippen molar-refractivity contribution in [3.8, 4) is 0 Å². The van der Waals surface area contributed by atoms with Gasteiger partial charge in [-0.1, -0.05) is 0 Å². The van der Waals surface area contributed by atoms with Crippen molar-refractivity contribution in [2.24, 2.45) is 17.8 Å². The summed E-state index contributed by atoms with van der Waals surface area (Å²) < 4.78 is 0. The lowest BCUT2D eigenvalue weighted by molar-refractivity contribution is -0.135. The summed E-state index contributed by atoms with van der Waals surface area (Å²) in [6, 6.07) is 0. The zero-order chi connectivity index (χ0) is 15.5. The van der Waals surface area contributed by atoms with Gasteiger partial charge in [-0.3, -0.25) is 9.59 Å². The van der Waals surface area contributed by atoms with Gasteiger partial charge in [0, 0.05) is 51.1 Å². The first-order chi connectivity index (χ1) is 10.6. The molecule has 1 amide bonds. The molecule has 2 heterocycles. The van der Waals surface area contributed by atoms with Crippen molar-refractivity contribution < 1.29 is 9.59 Å². The Morgan fingerprint density at radius 1 is 1.05 bits per heavy atom.